The number of hydrogen-bond donors (Lipinski definition) is 0. The Hall–Kier alpha value is -2.08. The minimum atomic E-state index is 0.405. The van der Waals surface area contributed by atoms with Crippen LogP contribution in [0.5, 0.6) is 11.5 Å². The van der Waals surface area contributed by atoms with Crippen LogP contribution in [0, 0.1) is 6.92 Å². The van der Waals surface area contributed by atoms with Gasteiger partial charge in [-0.25, -0.2) is 0 Å². The molecule has 0 spiro atoms. The summed E-state index contributed by atoms with van der Waals surface area (Å²) >= 11 is 0. The Morgan fingerprint density at radius 1 is 1.17 bits per heavy atom. The van der Waals surface area contributed by atoms with E-state index in [1.165, 1.54) is 12.0 Å². The third kappa shape index (κ3) is 2.67. The van der Waals surface area contributed by atoms with Crippen LogP contribution in [-0.4, -0.2) is 39.4 Å². The van der Waals surface area contributed by atoms with Crippen LogP contribution < -0.4 is 9.47 Å². The van der Waals surface area contributed by atoms with Crippen LogP contribution >= 0.6 is 0 Å². The fraction of sp³-hybridized carbons (Fsp3) is 0.529. The molecule has 122 valence electrons. The largest absolute Gasteiger partial charge is 0.486 e. The quantitative estimate of drug-likeness (QED) is 0.869. The van der Waals surface area contributed by atoms with Crippen molar-refractivity contribution in [3.8, 4) is 11.5 Å². The Kier molecular flexibility index (Phi) is 3.69. The normalized spacial score (nSPS) is 20.9. The molecule has 1 fully saturated rings. The zero-order valence-electron chi connectivity index (χ0n) is 13.7. The number of benzene rings is 1. The number of nitrogens with zero attached hydrogens (tertiary/aromatic N) is 4. The predicted octanol–water partition coefficient (Wildman–Crippen LogP) is 2.23. The molecule has 0 amide bonds. The van der Waals surface area contributed by atoms with Gasteiger partial charge < -0.3 is 14.0 Å². The van der Waals surface area contributed by atoms with Crippen molar-refractivity contribution < 1.29 is 9.47 Å². The Morgan fingerprint density at radius 2 is 2.00 bits per heavy atom. The van der Waals surface area contributed by atoms with Crippen LogP contribution in [0.15, 0.2) is 18.2 Å². The van der Waals surface area contributed by atoms with Crippen LogP contribution in [-0.2, 0) is 13.6 Å². The van der Waals surface area contributed by atoms with Gasteiger partial charge in [-0.2, -0.15) is 0 Å². The van der Waals surface area contributed by atoms with Crippen molar-refractivity contribution in [3.63, 3.8) is 0 Å². The second-order valence-corrected chi connectivity index (χ2v) is 6.25. The maximum absolute atomic E-state index is 5.73. The molecule has 0 aliphatic carbocycles. The number of aryl methyl sites for hydroxylation is 1. The smallest absolute Gasteiger partial charge is 0.161 e. The first-order valence-corrected chi connectivity index (χ1v) is 8.21. The highest BCUT2D eigenvalue weighted by Crippen LogP contribution is 2.38. The molecular weight excluding hydrogens is 292 g/mol. The van der Waals surface area contributed by atoms with Crippen LogP contribution in [0.3, 0.4) is 0 Å². The lowest BCUT2D eigenvalue weighted by atomic mass is 10.0. The van der Waals surface area contributed by atoms with E-state index in [0.29, 0.717) is 19.3 Å². The van der Waals surface area contributed by atoms with Crippen molar-refractivity contribution in [3.05, 3.63) is 35.4 Å². The summed E-state index contributed by atoms with van der Waals surface area (Å²) in [6.07, 6.45) is 2.37. The van der Waals surface area contributed by atoms with Crippen LogP contribution in [0.25, 0.3) is 0 Å². The topological polar surface area (TPSA) is 52.4 Å². The number of ether oxygens (including phenoxy) is 2. The van der Waals surface area contributed by atoms with Gasteiger partial charge >= 0.3 is 0 Å². The number of hydrogen-bond acceptors (Lipinski definition) is 5. The maximum Gasteiger partial charge on any atom is 0.161 e. The lowest BCUT2D eigenvalue weighted by Crippen LogP contribution is -2.25. The average Bonchev–Trinajstić information content (AvgIpc) is 3.16. The molecular formula is C17H22N4O2. The monoisotopic (exact) mass is 314 g/mol. The first-order chi connectivity index (χ1) is 11.2. The van der Waals surface area contributed by atoms with Gasteiger partial charge in [0.05, 0.1) is 6.54 Å². The summed E-state index contributed by atoms with van der Waals surface area (Å²) < 4.78 is 13.4. The molecule has 0 bridgehead atoms. The van der Waals surface area contributed by atoms with Crippen molar-refractivity contribution in [1.29, 1.82) is 0 Å². The SMILES string of the molecule is Cc1nnc(CN2CCC[C@@H]2c2ccc3c(c2)OCCO3)n1C. The lowest BCUT2D eigenvalue weighted by Gasteiger charge is -2.26. The Bertz CT molecular complexity index is 713. The van der Waals surface area contributed by atoms with E-state index in [1.807, 2.05) is 20.0 Å². The molecule has 2 aliphatic heterocycles. The van der Waals surface area contributed by atoms with Gasteiger partial charge in [-0.15, -0.1) is 10.2 Å². The molecule has 0 N–H and O–H groups in total. The molecule has 23 heavy (non-hydrogen) atoms. The number of aromatic nitrogens is 3. The van der Waals surface area contributed by atoms with Gasteiger partial charge in [0.15, 0.2) is 11.5 Å². The second-order valence-electron chi connectivity index (χ2n) is 6.25. The number of rotatable bonds is 3. The van der Waals surface area contributed by atoms with Crippen molar-refractivity contribution >= 4 is 0 Å². The number of fused-ring (bicyclic) bond motifs is 1. The molecule has 1 atom stereocenters. The molecule has 1 saturated heterocycles. The van der Waals surface area contributed by atoms with Gasteiger partial charge in [-0.3, -0.25) is 4.90 Å². The molecule has 0 radical (unpaired) electrons. The third-order valence-electron chi connectivity index (χ3n) is 4.84. The van der Waals surface area contributed by atoms with Crippen LogP contribution in [0.4, 0.5) is 0 Å². The highest BCUT2D eigenvalue weighted by Gasteiger charge is 2.28. The van der Waals surface area contributed by atoms with E-state index in [2.05, 4.69) is 31.8 Å². The van der Waals surface area contributed by atoms with E-state index in [1.54, 1.807) is 0 Å². The van der Waals surface area contributed by atoms with Gasteiger partial charge in [-0.05, 0) is 44.0 Å². The summed E-state index contributed by atoms with van der Waals surface area (Å²) in [6, 6.07) is 6.74. The summed E-state index contributed by atoms with van der Waals surface area (Å²) in [6.45, 7) is 5.16. The van der Waals surface area contributed by atoms with Crippen molar-refractivity contribution in [2.45, 2.75) is 32.4 Å². The van der Waals surface area contributed by atoms with Gasteiger partial charge in [-0.1, -0.05) is 6.07 Å². The third-order valence-corrected chi connectivity index (χ3v) is 4.84. The van der Waals surface area contributed by atoms with Crippen molar-refractivity contribution in [1.82, 2.24) is 19.7 Å². The first-order valence-electron chi connectivity index (χ1n) is 8.21. The van der Waals surface area contributed by atoms with E-state index < -0.39 is 0 Å². The first kappa shape index (κ1) is 14.5. The highest BCUT2D eigenvalue weighted by molar-refractivity contribution is 5.44. The summed E-state index contributed by atoms with van der Waals surface area (Å²) in [5.41, 5.74) is 1.30. The van der Waals surface area contributed by atoms with E-state index in [-0.39, 0.29) is 0 Å². The molecule has 2 aliphatic rings. The van der Waals surface area contributed by atoms with E-state index in [4.69, 9.17) is 9.47 Å². The lowest BCUT2D eigenvalue weighted by molar-refractivity contribution is 0.170. The zero-order chi connectivity index (χ0) is 15.8. The molecule has 0 unspecified atom stereocenters. The molecule has 0 saturated carbocycles. The average molecular weight is 314 g/mol. The molecule has 1 aromatic heterocycles. The standard InChI is InChI=1S/C17H22N4O2/c1-12-18-19-17(20(12)2)11-21-7-3-4-14(21)13-5-6-15-16(10-13)23-9-8-22-15/h5-6,10,14H,3-4,7-9,11H2,1-2H3/t14-/m1/s1. The van der Waals surface area contributed by atoms with E-state index in [9.17, 15) is 0 Å². The van der Waals surface area contributed by atoms with Gasteiger partial charge in [0.25, 0.3) is 0 Å². The minimum absolute atomic E-state index is 0.405. The fourth-order valence-corrected chi connectivity index (χ4v) is 3.43. The van der Waals surface area contributed by atoms with Gasteiger partial charge in [0, 0.05) is 13.1 Å². The molecule has 3 heterocycles. The van der Waals surface area contributed by atoms with Crippen LogP contribution in [0.2, 0.25) is 0 Å². The van der Waals surface area contributed by atoms with E-state index in [0.717, 1.165) is 42.7 Å². The highest BCUT2D eigenvalue weighted by atomic mass is 16.6. The Labute approximate surface area is 136 Å². The molecule has 2 aromatic rings. The summed E-state index contributed by atoms with van der Waals surface area (Å²) in [5.74, 6) is 3.70. The predicted molar refractivity (Wildman–Crippen MR) is 85.6 cm³/mol. The van der Waals surface area contributed by atoms with Gasteiger partial charge in [0.1, 0.15) is 24.9 Å². The fourth-order valence-electron chi connectivity index (χ4n) is 3.43. The molecule has 4 rings (SSSR count). The molecule has 1 aromatic carbocycles. The van der Waals surface area contributed by atoms with E-state index >= 15 is 0 Å². The summed E-state index contributed by atoms with van der Waals surface area (Å²) in [5, 5.41) is 8.47. The molecule has 6 nitrogen and oxygen atoms in total. The zero-order valence-corrected chi connectivity index (χ0v) is 13.7. The number of likely N-dealkylation sites (tertiary alicyclic amines) is 1. The Balaban J connectivity index is 1.56. The van der Waals surface area contributed by atoms with Crippen molar-refractivity contribution in [2.24, 2.45) is 7.05 Å². The van der Waals surface area contributed by atoms with Crippen molar-refractivity contribution in [2.75, 3.05) is 19.8 Å². The second kappa shape index (κ2) is 5.85. The summed E-state index contributed by atoms with van der Waals surface area (Å²) in [4.78, 5) is 2.48. The minimum Gasteiger partial charge on any atom is -0.486 e. The van der Waals surface area contributed by atoms with Gasteiger partial charge in [0.2, 0.25) is 0 Å². The summed E-state index contributed by atoms with van der Waals surface area (Å²) in [7, 11) is 2.03. The molecule has 6 heteroatoms. The maximum atomic E-state index is 5.73. The Morgan fingerprint density at radius 3 is 2.78 bits per heavy atom. The van der Waals surface area contributed by atoms with Crippen LogP contribution in [0.1, 0.15) is 36.1 Å².